The van der Waals surface area contributed by atoms with Gasteiger partial charge in [0.05, 0.1) is 23.4 Å². The molecule has 0 fully saturated rings. The number of anilines is 1. The van der Waals surface area contributed by atoms with Crippen LogP contribution >= 0.6 is 0 Å². The molecule has 32 heavy (non-hydrogen) atoms. The van der Waals surface area contributed by atoms with Crippen LogP contribution in [-0.2, 0) is 4.74 Å². The number of aromatic nitrogens is 1. The summed E-state index contributed by atoms with van der Waals surface area (Å²) < 4.78 is 11.0. The Hall–Kier alpha value is -4.24. The van der Waals surface area contributed by atoms with Gasteiger partial charge in [0, 0.05) is 17.1 Å². The molecule has 6 heteroatoms. The molecular formula is C26H23N3O3. The molecule has 1 atom stereocenters. The maximum atomic E-state index is 12.3. The smallest absolute Gasteiger partial charge is 0.412 e. The summed E-state index contributed by atoms with van der Waals surface area (Å²) >= 11 is 0. The van der Waals surface area contributed by atoms with E-state index in [1.54, 1.807) is 12.1 Å². The number of hydrogen-bond donors (Lipinski definition) is 2. The van der Waals surface area contributed by atoms with Crippen molar-refractivity contribution in [1.29, 1.82) is 5.26 Å². The van der Waals surface area contributed by atoms with Crippen LogP contribution in [-0.4, -0.2) is 17.7 Å². The van der Waals surface area contributed by atoms with Gasteiger partial charge >= 0.3 is 6.09 Å². The van der Waals surface area contributed by atoms with E-state index in [4.69, 9.17) is 9.47 Å². The van der Waals surface area contributed by atoms with E-state index < -0.39 is 6.09 Å². The monoisotopic (exact) mass is 425 g/mol. The average molecular weight is 425 g/mol. The molecule has 0 saturated carbocycles. The predicted molar refractivity (Wildman–Crippen MR) is 125 cm³/mol. The van der Waals surface area contributed by atoms with Gasteiger partial charge in [-0.1, -0.05) is 42.5 Å². The number of H-pyrrole nitrogens is 1. The van der Waals surface area contributed by atoms with Crippen molar-refractivity contribution in [2.75, 3.05) is 11.9 Å². The third-order valence-corrected chi connectivity index (χ3v) is 5.17. The Morgan fingerprint density at radius 1 is 1.09 bits per heavy atom. The van der Waals surface area contributed by atoms with Gasteiger partial charge in [0.25, 0.3) is 0 Å². The molecule has 1 heterocycles. The molecule has 0 aliphatic carbocycles. The molecule has 2 N–H and O–H groups in total. The highest BCUT2D eigenvalue weighted by Crippen LogP contribution is 2.32. The first-order valence-electron chi connectivity index (χ1n) is 10.4. The molecule has 0 radical (unpaired) electrons. The minimum absolute atomic E-state index is 0.360. The van der Waals surface area contributed by atoms with E-state index in [2.05, 4.69) is 16.4 Å². The number of carbonyl (C=O) groups is 1. The van der Waals surface area contributed by atoms with Crippen LogP contribution in [0, 0.1) is 11.3 Å². The maximum Gasteiger partial charge on any atom is 0.412 e. The Balaban J connectivity index is 1.50. The Morgan fingerprint density at radius 2 is 1.84 bits per heavy atom. The van der Waals surface area contributed by atoms with Crippen molar-refractivity contribution in [2.24, 2.45) is 0 Å². The molecule has 6 nitrogen and oxygen atoms in total. The Bertz CT molecular complexity index is 1270. The van der Waals surface area contributed by atoms with E-state index in [9.17, 15) is 10.1 Å². The summed E-state index contributed by atoms with van der Waals surface area (Å²) in [5.41, 5.74) is 4.50. The fourth-order valence-corrected chi connectivity index (χ4v) is 3.59. The summed E-state index contributed by atoms with van der Waals surface area (Å²) in [6.45, 7) is 4.33. The SMILES string of the molecule is CCOc1ccc2c(C#N)c(-c3ccc(NC(=O)OC(C)c4ccccc4)cc3)[nH]c2c1. The molecule has 0 spiro atoms. The van der Waals surface area contributed by atoms with Gasteiger partial charge in [-0.15, -0.1) is 0 Å². The Morgan fingerprint density at radius 3 is 2.53 bits per heavy atom. The second-order valence-electron chi connectivity index (χ2n) is 7.29. The van der Waals surface area contributed by atoms with Crippen LogP contribution < -0.4 is 10.1 Å². The van der Waals surface area contributed by atoms with Crippen LogP contribution in [0.4, 0.5) is 10.5 Å². The summed E-state index contributed by atoms with van der Waals surface area (Å²) in [6, 6.07) is 24.8. The first kappa shape index (κ1) is 21.0. The number of ether oxygens (including phenoxy) is 2. The minimum Gasteiger partial charge on any atom is -0.494 e. The van der Waals surface area contributed by atoms with Gasteiger partial charge in [-0.25, -0.2) is 4.79 Å². The van der Waals surface area contributed by atoms with Gasteiger partial charge < -0.3 is 14.5 Å². The number of benzene rings is 3. The number of nitrogens with one attached hydrogen (secondary N) is 2. The van der Waals surface area contributed by atoms with Crippen LogP contribution in [0.3, 0.4) is 0 Å². The number of fused-ring (bicyclic) bond motifs is 1. The van der Waals surface area contributed by atoms with Gasteiger partial charge in [0.2, 0.25) is 0 Å². The van der Waals surface area contributed by atoms with Crippen molar-refractivity contribution in [3.05, 3.63) is 83.9 Å². The number of hydrogen-bond acceptors (Lipinski definition) is 4. The number of carbonyl (C=O) groups excluding carboxylic acids is 1. The summed E-state index contributed by atoms with van der Waals surface area (Å²) in [5, 5.41) is 13.3. The molecule has 0 aliphatic rings. The lowest BCUT2D eigenvalue weighted by Gasteiger charge is -2.14. The molecule has 1 unspecified atom stereocenters. The standard InChI is InChI=1S/C26H23N3O3/c1-3-31-21-13-14-22-23(16-27)25(29-24(22)15-21)19-9-11-20(12-10-19)28-26(30)32-17(2)18-7-5-4-6-8-18/h4-15,17,29H,3H2,1-2H3,(H,28,30). The van der Waals surface area contributed by atoms with Gasteiger partial charge in [0.1, 0.15) is 17.9 Å². The van der Waals surface area contributed by atoms with E-state index >= 15 is 0 Å². The van der Waals surface area contributed by atoms with E-state index in [-0.39, 0.29) is 6.10 Å². The zero-order chi connectivity index (χ0) is 22.5. The van der Waals surface area contributed by atoms with Crippen molar-refractivity contribution in [1.82, 2.24) is 4.98 Å². The quantitative estimate of drug-likeness (QED) is 0.373. The first-order chi connectivity index (χ1) is 15.6. The predicted octanol–water partition coefficient (Wildman–Crippen LogP) is 6.41. The van der Waals surface area contributed by atoms with E-state index in [1.165, 1.54) is 0 Å². The summed E-state index contributed by atoms with van der Waals surface area (Å²) in [7, 11) is 0. The fraction of sp³-hybridized carbons (Fsp3) is 0.154. The lowest BCUT2D eigenvalue weighted by molar-refractivity contribution is 0.121. The molecule has 4 rings (SSSR count). The number of aromatic amines is 1. The van der Waals surface area contributed by atoms with Crippen molar-refractivity contribution in [3.63, 3.8) is 0 Å². The number of amides is 1. The molecule has 3 aromatic carbocycles. The topological polar surface area (TPSA) is 87.1 Å². The van der Waals surface area contributed by atoms with Gasteiger partial charge in [-0.05, 0) is 49.2 Å². The van der Waals surface area contributed by atoms with Gasteiger partial charge in [-0.2, -0.15) is 5.26 Å². The molecule has 1 aromatic heterocycles. The maximum absolute atomic E-state index is 12.3. The third kappa shape index (κ3) is 4.42. The third-order valence-electron chi connectivity index (χ3n) is 5.17. The van der Waals surface area contributed by atoms with Crippen molar-refractivity contribution in [3.8, 4) is 23.1 Å². The van der Waals surface area contributed by atoms with E-state index in [0.717, 1.165) is 33.5 Å². The van der Waals surface area contributed by atoms with Crippen LogP contribution in [0.15, 0.2) is 72.8 Å². The lowest BCUT2D eigenvalue weighted by Crippen LogP contribution is -2.15. The van der Waals surface area contributed by atoms with Crippen LogP contribution in [0.5, 0.6) is 5.75 Å². The molecular weight excluding hydrogens is 402 g/mol. The molecule has 160 valence electrons. The second kappa shape index (κ2) is 9.27. The van der Waals surface area contributed by atoms with Crippen molar-refractivity contribution >= 4 is 22.7 Å². The molecule has 0 bridgehead atoms. The Kier molecular flexibility index (Phi) is 6.09. The van der Waals surface area contributed by atoms with Crippen LogP contribution in [0.25, 0.3) is 22.2 Å². The van der Waals surface area contributed by atoms with E-state index in [0.29, 0.717) is 17.9 Å². The summed E-state index contributed by atoms with van der Waals surface area (Å²) in [5.74, 6) is 0.750. The van der Waals surface area contributed by atoms with Gasteiger partial charge in [-0.3, -0.25) is 5.32 Å². The summed E-state index contributed by atoms with van der Waals surface area (Å²) in [4.78, 5) is 15.6. The average Bonchev–Trinajstić information content (AvgIpc) is 3.18. The molecule has 1 amide bonds. The normalized spacial score (nSPS) is 11.5. The van der Waals surface area contributed by atoms with Crippen LogP contribution in [0.2, 0.25) is 0 Å². The largest absolute Gasteiger partial charge is 0.494 e. The minimum atomic E-state index is -0.527. The fourth-order valence-electron chi connectivity index (χ4n) is 3.59. The highest BCUT2D eigenvalue weighted by molar-refractivity contribution is 5.94. The lowest BCUT2D eigenvalue weighted by atomic mass is 10.1. The van der Waals surface area contributed by atoms with Crippen molar-refractivity contribution < 1.29 is 14.3 Å². The zero-order valence-electron chi connectivity index (χ0n) is 17.9. The molecule has 0 aliphatic heterocycles. The molecule has 0 saturated heterocycles. The van der Waals surface area contributed by atoms with Gasteiger partial charge in [0.15, 0.2) is 0 Å². The number of rotatable bonds is 6. The zero-order valence-corrected chi connectivity index (χ0v) is 17.9. The number of nitriles is 1. The number of nitrogens with zero attached hydrogens (tertiary/aromatic N) is 1. The Labute approximate surface area is 186 Å². The second-order valence-corrected chi connectivity index (χ2v) is 7.29. The first-order valence-corrected chi connectivity index (χ1v) is 10.4. The molecule has 4 aromatic rings. The van der Waals surface area contributed by atoms with Crippen molar-refractivity contribution in [2.45, 2.75) is 20.0 Å². The highest BCUT2D eigenvalue weighted by Gasteiger charge is 2.15. The van der Waals surface area contributed by atoms with Crippen LogP contribution in [0.1, 0.15) is 31.1 Å². The highest BCUT2D eigenvalue weighted by atomic mass is 16.6. The van der Waals surface area contributed by atoms with E-state index in [1.807, 2.05) is 74.5 Å². The summed E-state index contributed by atoms with van der Waals surface area (Å²) in [6.07, 6.45) is -0.887.